The first-order valence-electron chi connectivity index (χ1n) is 13.7. The highest BCUT2D eigenvalue weighted by Gasteiger charge is 2.49. The highest BCUT2D eigenvalue weighted by molar-refractivity contribution is 7.21. The second-order valence-corrected chi connectivity index (χ2v) is 11.5. The van der Waals surface area contributed by atoms with Gasteiger partial charge in [0.2, 0.25) is 0 Å². The fourth-order valence-corrected chi connectivity index (χ4v) is 6.94. The lowest BCUT2D eigenvalue weighted by Gasteiger charge is -2.37. The Hall–Kier alpha value is -5.21. The average Bonchev–Trinajstić information content (AvgIpc) is 3.44. The van der Waals surface area contributed by atoms with Crippen LogP contribution in [0.25, 0.3) is 10.1 Å². The molecule has 44 heavy (non-hydrogen) atoms. The van der Waals surface area contributed by atoms with Gasteiger partial charge in [-0.15, -0.1) is 11.3 Å². The second-order valence-electron chi connectivity index (χ2n) is 10.5. The monoisotopic (exact) mass is 604 g/mol. The van der Waals surface area contributed by atoms with Crippen molar-refractivity contribution in [2.24, 2.45) is 11.5 Å². The number of nitrogen functional groups attached to an aromatic ring is 1. The summed E-state index contributed by atoms with van der Waals surface area (Å²) in [6.45, 7) is 2.11. The van der Waals surface area contributed by atoms with Crippen LogP contribution < -0.4 is 26.7 Å². The Morgan fingerprint density at radius 1 is 1.02 bits per heavy atom. The summed E-state index contributed by atoms with van der Waals surface area (Å²) in [5.74, 6) is 0.613. The minimum atomic E-state index is -1.59. The van der Waals surface area contributed by atoms with Gasteiger partial charge in [-0.25, -0.2) is 4.79 Å². The zero-order valence-corrected chi connectivity index (χ0v) is 24.7. The first kappa shape index (κ1) is 28.9. The van der Waals surface area contributed by atoms with E-state index < -0.39 is 23.3 Å². The smallest absolute Gasteiger partial charge is 0.348 e. The molecule has 0 spiro atoms. The van der Waals surface area contributed by atoms with Crippen molar-refractivity contribution < 1.29 is 23.8 Å². The predicted octanol–water partition coefficient (Wildman–Crippen LogP) is 5.61. The van der Waals surface area contributed by atoms with Crippen LogP contribution in [0.4, 0.5) is 5.69 Å². The average molecular weight is 605 g/mol. The molecule has 0 saturated heterocycles. The third kappa shape index (κ3) is 4.64. The summed E-state index contributed by atoms with van der Waals surface area (Å²) in [7, 11) is 1.28. The lowest BCUT2D eigenvalue weighted by atomic mass is 9.69. The number of esters is 1. The molecule has 1 aromatic heterocycles. The highest BCUT2D eigenvalue weighted by atomic mass is 32.1. The van der Waals surface area contributed by atoms with Crippen molar-refractivity contribution in [3.05, 3.63) is 117 Å². The van der Waals surface area contributed by atoms with Crippen LogP contribution in [-0.2, 0) is 21.7 Å². The number of aryl methyl sites for hydroxylation is 1. The molecule has 2 atom stereocenters. The normalized spacial score (nSPS) is 17.2. The van der Waals surface area contributed by atoms with Crippen molar-refractivity contribution in [2.75, 3.05) is 12.8 Å². The number of ketones is 1. The van der Waals surface area contributed by atoms with Crippen LogP contribution >= 0.6 is 11.3 Å². The minimum absolute atomic E-state index is 0.243. The Morgan fingerprint density at radius 2 is 1.77 bits per heavy atom. The number of ether oxygens (including phenoxy) is 3. The molecule has 220 valence electrons. The van der Waals surface area contributed by atoms with E-state index in [1.165, 1.54) is 7.11 Å². The summed E-state index contributed by atoms with van der Waals surface area (Å²) in [6.07, 6.45) is 0. The number of nitrogens with zero attached hydrogens (tertiary/aromatic N) is 1. The number of methoxy groups -OCH3 is 1. The Labute approximate surface area is 257 Å². The Morgan fingerprint density at radius 3 is 2.52 bits per heavy atom. The van der Waals surface area contributed by atoms with E-state index in [2.05, 4.69) is 6.07 Å². The van der Waals surface area contributed by atoms with E-state index in [9.17, 15) is 14.9 Å². The summed E-state index contributed by atoms with van der Waals surface area (Å²) in [5.41, 5.74) is 22.2. The van der Waals surface area contributed by atoms with Crippen molar-refractivity contribution in [1.82, 2.24) is 0 Å². The molecule has 9 nitrogen and oxygen atoms in total. The fourth-order valence-electron chi connectivity index (χ4n) is 5.73. The Kier molecular flexibility index (Phi) is 7.31. The zero-order chi connectivity index (χ0) is 31.2. The van der Waals surface area contributed by atoms with E-state index in [-0.39, 0.29) is 11.5 Å². The van der Waals surface area contributed by atoms with Gasteiger partial charge in [-0.05, 0) is 71.6 Å². The second kappa shape index (κ2) is 11.1. The molecule has 1 aliphatic rings. The minimum Gasteiger partial charge on any atom is -0.488 e. The van der Waals surface area contributed by atoms with E-state index >= 15 is 0 Å². The molecular formula is C34H28N4O5S. The molecule has 0 saturated carbocycles. The molecule has 1 heterocycles. The number of para-hydroxylation sites is 1. The third-order valence-corrected chi connectivity index (χ3v) is 9.08. The van der Waals surface area contributed by atoms with Crippen LogP contribution in [0.15, 0.2) is 78.9 Å². The maximum atomic E-state index is 14.0. The highest BCUT2D eigenvalue weighted by Crippen LogP contribution is 2.50. The number of hydrogen-bond acceptors (Lipinski definition) is 10. The topological polar surface area (TPSA) is 164 Å². The number of benzene rings is 4. The van der Waals surface area contributed by atoms with E-state index in [1.54, 1.807) is 42.5 Å². The number of thiophene rings is 1. The predicted molar refractivity (Wildman–Crippen MR) is 168 cm³/mol. The van der Waals surface area contributed by atoms with Gasteiger partial charge in [0.05, 0.1) is 23.4 Å². The summed E-state index contributed by atoms with van der Waals surface area (Å²) in [5, 5.41) is 9.92. The van der Waals surface area contributed by atoms with E-state index in [0.29, 0.717) is 55.3 Å². The summed E-state index contributed by atoms with van der Waals surface area (Å²) in [4.78, 5) is 26.8. The first-order valence-corrected chi connectivity index (χ1v) is 14.5. The molecule has 0 amide bonds. The molecular weight excluding hydrogens is 576 g/mol. The maximum Gasteiger partial charge on any atom is 0.348 e. The molecule has 0 bridgehead atoms. The van der Waals surface area contributed by atoms with Gasteiger partial charge in [-0.2, -0.15) is 5.26 Å². The van der Waals surface area contributed by atoms with Crippen molar-refractivity contribution in [1.29, 1.82) is 5.26 Å². The van der Waals surface area contributed by atoms with Crippen molar-refractivity contribution in [3.63, 3.8) is 0 Å². The summed E-state index contributed by atoms with van der Waals surface area (Å²) >= 11 is 1.15. The molecule has 6 N–H and O–H groups in total. The van der Waals surface area contributed by atoms with Crippen molar-refractivity contribution >= 4 is 38.9 Å². The Bertz CT molecular complexity index is 2010. The van der Waals surface area contributed by atoms with Crippen LogP contribution in [0.2, 0.25) is 0 Å². The number of hydrogen-bond donors (Lipinski definition) is 3. The number of anilines is 1. The maximum absolute atomic E-state index is 14.0. The van der Waals surface area contributed by atoms with E-state index in [1.807, 2.05) is 43.3 Å². The molecule has 1 aliphatic carbocycles. The lowest BCUT2D eigenvalue weighted by molar-refractivity contribution is -0.124. The molecule has 0 aliphatic heterocycles. The number of Topliss-reactive ketones (excluding diaryl/α,β-unsaturated/α-hetero) is 1. The summed E-state index contributed by atoms with van der Waals surface area (Å²) < 4.78 is 17.6. The van der Waals surface area contributed by atoms with Gasteiger partial charge in [0, 0.05) is 16.6 Å². The van der Waals surface area contributed by atoms with Gasteiger partial charge in [0.25, 0.3) is 0 Å². The van der Waals surface area contributed by atoms with Crippen molar-refractivity contribution in [2.45, 2.75) is 25.1 Å². The van der Waals surface area contributed by atoms with Crippen LogP contribution in [0.3, 0.4) is 0 Å². The summed E-state index contributed by atoms with van der Waals surface area (Å²) in [6, 6.07) is 24.2. The van der Waals surface area contributed by atoms with Crippen molar-refractivity contribution in [3.8, 4) is 23.3 Å². The quantitative estimate of drug-likeness (QED) is 0.158. The van der Waals surface area contributed by atoms with Gasteiger partial charge in [-0.3, -0.25) is 4.79 Å². The van der Waals surface area contributed by atoms with Crippen LogP contribution in [0.1, 0.15) is 49.1 Å². The number of carbonyl (C=O) groups excluding carboxylic acids is 2. The number of rotatable bonds is 7. The van der Waals surface area contributed by atoms with Gasteiger partial charge in [0.15, 0.2) is 5.78 Å². The molecule has 0 radical (unpaired) electrons. The van der Waals surface area contributed by atoms with E-state index in [4.69, 9.17) is 31.4 Å². The molecule has 10 heteroatoms. The number of carbonyl (C=O) groups is 2. The van der Waals surface area contributed by atoms with Crippen LogP contribution in [-0.4, -0.2) is 18.9 Å². The van der Waals surface area contributed by atoms with Crippen LogP contribution in [0, 0.1) is 18.3 Å². The molecule has 2 unspecified atom stereocenters. The molecule has 6 rings (SSSR count). The number of nitrogens with two attached hydrogens (primary N) is 3. The first-order chi connectivity index (χ1) is 21.2. The molecule has 0 fully saturated rings. The Balaban J connectivity index is 1.31. The molecule has 4 aromatic carbocycles. The van der Waals surface area contributed by atoms with E-state index in [0.717, 1.165) is 22.5 Å². The number of nitriles is 1. The SMILES string of the molecule is COC(=O)c1sc2c(N)ccc3c2c1C(N)C(=O)C3(N)c1ccc(Oc2cccc(COc3ccccc3C#N)c2)cc1C. The van der Waals surface area contributed by atoms with Gasteiger partial charge in [0.1, 0.15) is 40.3 Å². The third-order valence-electron chi connectivity index (χ3n) is 7.84. The zero-order valence-electron chi connectivity index (χ0n) is 23.9. The largest absolute Gasteiger partial charge is 0.488 e. The van der Waals surface area contributed by atoms with Gasteiger partial charge in [-0.1, -0.05) is 36.4 Å². The van der Waals surface area contributed by atoms with Gasteiger partial charge < -0.3 is 31.4 Å². The standard InChI is InChI=1S/C34H28N4O5S/c1-18-14-22(43-21-8-5-6-19(15-21)17-42-26-9-4-3-7-20(26)16-35)10-11-23(18)34(38)24-12-13-25(36)30-27(24)28(29(37)32(34)39)31(44-30)33(40)41-2/h3-15,29H,17,36-38H2,1-2H3. The fraction of sp³-hybridized carbons (Fsp3) is 0.147. The van der Waals surface area contributed by atoms with Crippen LogP contribution in [0.5, 0.6) is 17.2 Å². The van der Waals surface area contributed by atoms with Gasteiger partial charge >= 0.3 is 5.97 Å². The lowest BCUT2D eigenvalue weighted by Crippen LogP contribution is -2.52. The molecule has 5 aromatic rings.